The van der Waals surface area contributed by atoms with Gasteiger partial charge in [-0.3, -0.25) is 0 Å². The minimum atomic E-state index is -0.863. The van der Waals surface area contributed by atoms with Crippen LogP contribution in [-0.2, 0) is 0 Å². The van der Waals surface area contributed by atoms with Gasteiger partial charge in [0.2, 0.25) is 5.69 Å². The summed E-state index contributed by atoms with van der Waals surface area (Å²) < 4.78 is 74.4. The molecule has 0 unspecified atom stereocenters. The van der Waals surface area contributed by atoms with E-state index in [9.17, 15) is 17.6 Å². The van der Waals surface area contributed by atoms with Crippen molar-refractivity contribution >= 4 is 33.3 Å². The molecule has 0 radical (unpaired) electrons. The van der Waals surface area contributed by atoms with E-state index in [2.05, 4.69) is 32.0 Å². The summed E-state index contributed by atoms with van der Waals surface area (Å²) in [5, 5.41) is 3.50. The summed E-state index contributed by atoms with van der Waals surface area (Å²) in [6.45, 7) is 10.2. The number of nitrogens with one attached hydrogen (secondary N) is 3. The van der Waals surface area contributed by atoms with E-state index in [4.69, 9.17) is 6.57 Å². The van der Waals surface area contributed by atoms with Gasteiger partial charge in [-0.05, 0) is 61.1 Å². The largest absolute Gasteiger partial charge is 0.364 e. The summed E-state index contributed by atoms with van der Waals surface area (Å²) in [7, 11) is 0. The molecule has 0 amide bonds. The molecule has 0 saturated heterocycles. The van der Waals surface area contributed by atoms with Gasteiger partial charge in [-0.25, -0.2) is 31.8 Å². The molecule has 2 atom stereocenters. The van der Waals surface area contributed by atoms with Crippen LogP contribution in [0.5, 0.6) is 0 Å². The van der Waals surface area contributed by atoms with Gasteiger partial charge in [0.25, 0.3) is 0 Å². The second kappa shape index (κ2) is 9.33. The lowest BCUT2D eigenvalue weighted by atomic mass is 9.62. The lowest BCUT2D eigenvalue weighted by molar-refractivity contribution is 0.0926. The smallest absolute Gasteiger partial charge is 0.223 e. The predicted octanol–water partition coefficient (Wildman–Crippen LogP) is 8.86. The van der Waals surface area contributed by atoms with Crippen LogP contribution in [0, 0.1) is 53.4 Å². The van der Waals surface area contributed by atoms with Gasteiger partial charge in [0, 0.05) is 52.5 Å². The van der Waals surface area contributed by atoms with Crippen LogP contribution in [0.4, 0.5) is 33.5 Å². The number of nitrogens with zero attached hydrogens (tertiary/aromatic N) is 2. The van der Waals surface area contributed by atoms with E-state index < -0.39 is 29.1 Å². The Morgan fingerprint density at radius 1 is 0.829 bits per heavy atom. The van der Waals surface area contributed by atoms with E-state index in [1.807, 2.05) is 0 Å². The standard InChI is InChI=1S/C31H24F5N5/c1-13-14-3-5-15(6-4-14)26(13)40-31-25(36)24(20-11-38-27-18(20)7-16(32)9-22(27)34)30(37-2)29(41-31)21-12-39-28-19(21)8-17(33)10-23(28)35/h7-15,26,38-39H,3-6H2,1H3,(H,40,41)/t13-,14?,15?,26+/m0/s1. The van der Waals surface area contributed by atoms with Crippen LogP contribution >= 0.6 is 0 Å². The fourth-order valence-electron chi connectivity index (χ4n) is 7.06. The third kappa shape index (κ3) is 3.90. The summed E-state index contributed by atoms with van der Waals surface area (Å²) in [5.41, 5.74) is -0.220. The monoisotopic (exact) mass is 561 g/mol. The number of aromatic nitrogens is 3. The zero-order valence-electron chi connectivity index (χ0n) is 21.9. The van der Waals surface area contributed by atoms with Crippen LogP contribution in [0.25, 0.3) is 49.0 Å². The number of hydrogen-bond donors (Lipinski definition) is 3. The molecule has 3 aliphatic rings. The summed E-state index contributed by atoms with van der Waals surface area (Å²) in [4.78, 5) is 13.7. The maximum absolute atomic E-state index is 16.6. The first kappa shape index (κ1) is 25.6. The maximum Gasteiger partial charge on any atom is 0.223 e. The first-order valence-corrected chi connectivity index (χ1v) is 13.6. The summed E-state index contributed by atoms with van der Waals surface area (Å²) in [5.74, 6) is -3.26. The SMILES string of the molecule is [C-]#[N+]c1c(-c2c[nH]c3c(F)cc(F)cc23)nc(N[C@H]2C3CCC(CC3)[C@@H]2C)c(F)c1-c1c[nH]c2c(F)cc(F)cc12. The fraction of sp³-hybridized carbons (Fsp3) is 0.290. The van der Waals surface area contributed by atoms with Crippen LogP contribution < -0.4 is 5.32 Å². The van der Waals surface area contributed by atoms with Crippen molar-refractivity contribution in [3.05, 3.63) is 77.2 Å². The summed E-state index contributed by atoms with van der Waals surface area (Å²) in [6.07, 6.45) is 6.98. The normalized spacial score (nSPS) is 22.0. The Morgan fingerprint density at radius 2 is 1.39 bits per heavy atom. The number of rotatable bonds is 4. The van der Waals surface area contributed by atoms with Crippen LogP contribution in [0.1, 0.15) is 32.6 Å². The first-order chi connectivity index (χ1) is 19.7. The van der Waals surface area contributed by atoms with Crippen LogP contribution in [-0.4, -0.2) is 21.0 Å². The number of aromatic amines is 2. The number of fused-ring (bicyclic) bond motifs is 5. The molecule has 0 aliphatic heterocycles. The van der Waals surface area contributed by atoms with Crippen LogP contribution in [0.15, 0.2) is 36.7 Å². The van der Waals surface area contributed by atoms with Crippen LogP contribution in [0.2, 0.25) is 0 Å². The molecule has 3 saturated carbocycles. The maximum atomic E-state index is 16.6. The Kier molecular flexibility index (Phi) is 5.82. The number of halogens is 5. The number of anilines is 1. The van der Waals surface area contributed by atoms with Gasteiger partial charge in [-0.1, -0.05) is 6.92 Å². The molecule has 3 aliphatic carbocycles. The second-order valence-corrected chi connectivity index (χ2v) is 11.2. The third-order valence-corrected chi connectivity index (χ3v) is 9.10. The molecule has 2 bridgehead atoms. The highest BCUT2D eigenvalue weighted by Gasteiger charge is 2.42. The highest BCUT2D eigenvalue weighted by molar-refractivity contribution is 6.05. The van der Waals surface area contributed by atoms with Gasteiger partial charge in [-0.2, -0.15) is 0 Å². The van der Waals surface area contributed by atoms with Crippen molar-refractivity contribution in [1.29, 1.82) is 0 Å². The molecule has 3 fully saturated rings. The van der Waals surface area contributed by atoms with Crippen molar-refractivity contribution in [2.75, 3.05) is 5.32 Å². The minimum absolute atomic E-state index is 0.00463. The molecule has 2 aromatic carbocycles. The number of hydrogen-bond acceptors (Lipinski definition) is 2. The van der Waals surface area contributed by atoms with Crippen molar-refractivity contribution < 1.29 is 22.0 Å². The molecule has 8 rings (SSSR count). The number of benzene rings is 2. The molecule has 41 heavy (non-hydrogen) atoms. The molecule has 3 aromatic heterocycles. The zero-order valence-corrected chi connectivity index (χ0v) is 21.9. The summed E-state index contributed by atoms with van der Waals surface area (Å²) in [6, 6.07) is 3.58. The van der Waals surface area contributed by atoms with Gasteiger partial charge in [0.05, 0.1) is 23.3 Å². The Morgan fingerprint density at radius 3 is 1.98 bits per heavy atom. The number of H-pyrrole nitrogens is 2. The molecular weight excluding hydrogens is 537 g/mol. The lowest BCUT2D eigenvalue weighted by Gasteiger charge is -2.47. The van der Waals surface area contributed by atoms with Crippen molar-refractivity contribution in [3.63, 3.8) is 0 Å². The topological polar surface area (TPSA) is 60.9 Å². The van der Waals surface area contributed by atoms with E-state index in [0.717, 1.165) is 43.9 Å². The zero-order chi connectivity index (χ0) is 28.6. The summed E-state index contributed by atoms with van der Waals surface area (Å²) >= 11 is 0. The van der Waals surface area contributed by atoms with E-state index in [-0.39, 0.29) is 67.7 Å². The van der Waals surface area contributed by atoms with E-state index in [0.29, 0.717) is 17.9 Å². The quantitative estimate of drug-likeness (QED) is 0.152. The molecule has 5 aromatic rings. The Bertz CT molecular complexity index is 1890. The Labute approximate surface area is 231 Å². The molecule has 10 heteroatoms. The van der Waals surface area contributed by atoms with Gasteiger partial charge in [0.15, 0.2) is 11.6 Å². The van der Waals surface area contributed by atoms with Crippen molar-refractivity contribution in [3.8, 4) is 22.4 Å². The van der Waals surface area contributed by atoms with Crippen molar-refractivity contribution in [2.45, 2.75) is 38.6 Å². The van der Waals surface area contributed by atoms with E-state index in [1.165, 1.54) is 12.4 Å². The minimum Gasteiger partial charge on any atom is -0.364 e. The molecule has 3 heterocycles. The molecule has 208 valence electrons. The van der Waals surface area contributed by atoms with Crippen LogP contribution in [0.3, 0.4) is 0 Å². The van der Waals surface area contributed by atoms with Gasteiger partial charge in [-0.15, -0.1) is 0 Å². The van der Waals surface area contributed by atoms with Gasteiger partial charge < -0.3 is 15.3 Å². The highest BCUT2D eigenvalue weighted by Crippen LogP contribution is 2.49. The first-order valence-electron chi connectivity index (χ1n) is 13.6. The molecule has 5 nitrogen and oxygen atoms in total. The van der Waals surface area contributed by atoms with E-state index >= 15 is 4.39 Å². The van der Waals surface area contributed by atoms with Gasteiger partial charge in [0.1, 0.15) is 23.3 Å². The number of pyridine rings is 1. The lowest BCUT2D eigenvalue weighted by Crippen LogP contribution is -2.47. The third-order valence-electron chi connectivity index (χ3n) is 9.10. The average molecular weight is 562 g/mol. The van der Waals surface area contributed by atoms with Gasteiger partial charge >= 0.3 is 0 Å². The average Bonchev–Trinajstić information content (AvgIpc) is 3.56. The molecule has 3 N–H and O–H groups in total. The van der Waals surface area contributed by atoms with Crippen molar-refractivity contribution in [1.82, 2.24) is 15.0 Å². The van der Waals surface area contributed by atoms with Crippen molar-refractivity contribution in [2.24, 2.45) is 17.8 Å². The van der Waals surface area contributed by atoms with E-state index in [1.54, 1.807) is 0 Å². The Balaban J connectivity index is 1.51. The highest BCUT2D eigenvalue weighted by atomic mass is 19.1. The fourth-order valence-corrected chi connectivity index (χ4v) is 7.06. The Hall–Kier alpha value is -4.39. The second-order valence-electron chi connectivity index (χ2n) is 11.2. The predicted molar refractivity (Wildman–Crippen MR) is 147 cm³/mol. The molecular formula is C31H24F5N5. The molecule has 0 spiro atoms.